The highest BCUT2D eigenvalue weighted by atomic mass is 79.9. The average molecular weight is 280 g/mol. The van der Waals surface area contributed by atoms with Gasteiger partial charge < -0.3 is 9.84 Å². The minimum absolute atomic E-state index is 0.0613. The molecule has 0 saturated carbocycles. The Morgan fingerprint density at radius 2 is 2.29 bits per heavy atom. The Labute approximate surface area is 94.8 Å². The number of benzene rings is 1. The molecule has 5 heteroatoms. The Morgan fingerprint density at radius 3 is 2.86 bits per heavy atom. The van der Waals surface area contributed by atoms with Crippen molar-refractivity contribution in [1.29, 1.82) is 0 Å². The molecule has 0 spiro atoms. The van der Waals surface area contributed by atoms with Crippen molar-refractivity contribution >= 4 is 33.5 Å². The highest BCUT2D eigenvalue weighted by Gasteiger charge is 2.15. The van der Waals surface area contributed by atoms with Gasteiger partial charge >= 0.3 is 5.97 Å². The van der Waals surface area contributed by atoms with Crippen LogP contribution in [0.5, 0.6) is 5.75 Å². The van der Waals surface area contributed by atoms with Gasteiger partial charge in [0, 0.05) is 4.47 Å². The third-order valence-corrected chi connectivity index (χ3v) is 2.27. The van der Waals surface area contributed by atoms with Crippen LogP contribution in [-0.2, 0) is 4.74 Å². The predicted molar refractivity (Wildman–Crippen MR) is 56.8 cm³/mol. The minimum Gasteiger partial charge on any atom is -0.505 e. The van der Waals surface area contributed by atoms with Crippen LogP contribution in [0.1, 0.15) is 17.3 Å². The molecular weight excluding hydrogens is 271 g/mol. The maximum atomic E-state index is 11.3. The largest absolute Gasteiger partial charge is 0.505 e. The van der Waals surface area contributed by atoms with Gasteiger partial charge in [0.2, 0.25) is 0 Å². The molecule has 3 nitrogen and oxygen atoms in total. The molecule has 1 aromatic carbocycles. The zero-order chi connectivity index (χ0) is 10.7. The third kappa shape index (κ3) is 2.39. The summed E-state index contributed by atoms with van der Waals surface area (Å²) in [6, 6.07) is 2.96. The molecule has 1 aromatic rings. The van der Waals surface area contributed by atoms with Gasteiger partial charge in [0.15, 0.2) is 0 Å². The number of halogens is 2. The third-order valence-electron chi connectivity index (χ3n) is 1.52. The highest BCUT2D eigenvalue weighted by Crippen LogP contribution is 2.31. The van der Waals surface area contributed by atoms with Gasteiger partial charge in [-0.2, -0.15) is 0 Å². The maximum Gasteiger partial charge on any atom is 0.341 e. The Hall–Kier alpha value is -0.740. The minimum atomic E-state index is -0.590. The molecule has 0 aliphatic heterocycles. The van der Waals surface area contributed by atoms with Crippen molar-refractivity contribution in [2.45, 2.75) is 6.92 Å². The topological polar surface area (TPSA) is 46.5 Å². The molecule has 0 aliphatic carbocycles. The maximum absolute atomic E-state index is 11.3. The second-order valence-corrected chi connectivity index (χ2v) is 3.83. The number of phenols is 1. The molecule has 0 aliphatic rings. The summed E-state index contributed by atoms with van der Waals surface area (Å²) in [5.41, 5.74) is 0.0613. The van der Waals surface area contributed by atoms with Gasteiger partial charge in [-0.1, -0.05) is 27.5 Å². The Balaban J connectivity index is 3.13. The summed E-state index contributed by atoms with van der Waals surface area (Å²) < 4.78 is 5.35. The van der Waals surface area contributed by atoms with Crippen molar-refractivity contribution in [3.05, 3.63) is 27.2 Å². The number of rotatable bonds is 2. The van der Waals surface area contributed by atoms with E-state index in [0.29, 0.717) is 4.47 Å². The number of ether oxygens (including phenoxy) is 1. The molecule has 0 aromatic heterocycles. The molecule has 1 N–H and O–H groups in total. The van der Waals surface area contributed by atoms with Gasteiger partial charge in [-0.05, 0) is 19.1 Å². The van der Waals surface area contributed by atoms with Crippen LogP contribution in [-0.4, -0.2) is 17.7 Å². The van der Waals surface area contributed by atoms with E-state index in [4.69, 9.17) is 16.3 Å². The van der Waals surface area contributed by atoms with Crippen LogP contribution < -0.4 is 0 Å². The van der Waals surface area contributed by atoms with Gasteiger partial charge in [-0.15, -0.1) is 0 Å². The Bertz CT molecular complexity index is 365. The first-order valence-electron chi connectivity index (χ1n) is 3.91. The van der Waals surface area contributed by atoms with Crippen LogP contribution in [0.15, 0.2) is 16.6 Å². The summed E-state index contributed by atoms with van der Waals surface area (Å²) in [6.07, 6.45) is 0. The lowest BCUT2D eigenvalue weighted by Crippen LogP contribution is -2.05. The smallest absolute Gasteiger partial charge is 0.341 e. The first-order chi connectivity index (χ1) is 6.56. The second-order valence-electron chi connectivity index (χ2n) is 2.50. The summed E-state index contributed by atoms with van der Waals surface area (Å²) in [7, 11) is 0. The summed E-state index contributed by atoms with van der Waals surface area (Å²) in [5, 5.41) is 9.58. The van der Waals surface area contributed by atoms with Crippen LogP contribution >= 0.6 is 27.5 Å². The summed E-state index contributed by atoms with van der Waals surface area (Å²) in [5.74, 6) is -0.846. The molecule has 76 valence electrons. The zero-order valence-electron chi connectivity index (χ0n) is 7.38. The molecule has 0 bridgehead atoms. The highest BCUT2D eigenvalue weighted by molar-refractivity contribution is 9.10. The summed E-state index contributed by atoms with van der Waals surface area (Å²) >= 11 is 8.84. The lowest BCUT2D eigenvalue weighted by molar-refractivity contribution is 0.0523. The van der Waals surface area contributed by atoms with Crippen molar-refractivity contribution in [1.82, 2.24) is 0 Å². The van der Waals surface area contributed by atoms with E-state index in [1.54, 1.807) is 6.92 Å². The molecule has 0 radical (unpaired) electrons. The number of carbonyl (C=O) groups excluding carboxylic acids is 1. The van der Waals surface area contributed by atoms with Crippen LogP contribution in [0.4, 0.5) is 0 Å². The summed E-state index contributed by atoms with van der Waals surface area (Å²) in [6.45, 7) is 1.94. The normalized spacial score (nSPS) is 9.93. The van der Waals surface area contributed by atoms with Gasteiger partial charge in [0.25, 0.3) is 0 Å². The van der Waals surface area contributed by atoms with E-state index in [2.05, 4.69) is 15.9 Å². The molecule has 0 unspecified atom stereocenters. The van der Waals surface area contributed by atoms with Crippen molar-refractivity contribution in [3.8, 4) is 5.75 Å². The van der Waals surface area contributed by atoms with Gasteiger partial charge in [0.05, 0.1) is 11.6 Å². The van der Waals surface area contributed by atoms with Crippen LogP contribution in [0.3, 0.4) is 0 Å². The SMILES string of the molecule is CCOC(=O)c1cc(Br)cc(Cl)c1O. The first-order valence-corrected chi connectivity index (χ1v) is 5.08. The number of esters is 1. The van der Waals surface area contributed by atoms with E-state index in [1.165, 1.54) is 12.1 Å². The quantitative estimate of drug-likeness (QED) is 0.847. The average Bonchev–Trinajstić information content (AvgIpc) is 2.11. The predicted octanol–water partition coefficient (Wildman–Crippen LogP) is 2.98. The lowest BCUT2D eigenvalue weighted by Gasteiger charge is -2.06. The number of hydrogen-bond acceptors (Lipinski definition) is 3. The monoisotopic (exact) mass is 278 g/mol. The number of phenolic OH excluding ortho intramolecular Hbond substituents is 1. The van der Waals surface area contributed by atoms with E-state index in [-0.39, 0.29) is 22.9 Å². The Morgan fingerprint density at radius 1 is 1.64 bits per heavy atom. The van der Waals surface area contributed by atoms with Gasteiger partial charge in [0.1, 0.15) is 11.3 Å². The fourth-order valence-corrected chi connectivity index (χ4v) is 1.74. The molecule has 0 fully saturated rings. The molecule has 1 rings (SSSR count). The van der Waals surface area contributed by atoms with E-state index < -0.39 is 5.97 Å². The molecule has 14 heavy (non-hydrogen) atoms. The van der Waals surface area contributed by atoms with Crippen LogP contribution in [0, 0.1) is 0 Å². The molecule has 0 atom stereocenters. The standard InChI is InChI=1S/C9H8BrClO3/c1-2-14-9(13)6-3-5(10)4-7(11)8(6)12/h3-4,12H,2H2,1H3. The summed E-state index contributed by atoms with van der Waals surface area (Å²) in [4.78, 5) is 11.3. The van der Waals surface area contributed by atoms with E-state index in [0.717, 1.165) is 0 Å². The molecule has 0 amide bonds. The van der Waals surface area contributed by atoms with E-state index in [1.807, 2.05) is 0 Å². The fourth-order valence-electron chi connectivity index (χ4n) is 0.930. The molecular formula is C9H8BrClO3. The lowest BCUT2D eigenvalue weighted by atomic mass is 10.2. The van der Waals surface area contributed by atoms with Gasteiger partial charge in [-0.25, -0.2) is 4.79 Å². The zero-order valence-corrected chi connectivity index (χ0v) is 9.72. The molecule has 0 heterocycles. The molecule has 0 saturated heterocycles. The van der Waals surface area contributed by atoms with Crippen molar-refractivity contribution < 1.29 is 14.6 Å². The van der Waals surface area contributed by atoms with Gasteiger partial charge in [-0.3, -0.25) is 0 Å². The number of aromatic hydroxyl groups is 1. The van der Waals surface area contributed by atoms with Crippen molar-refractivity contribution in [2.75, 3.05) is 6.61 Å². The van der Waals surface area contributed by atoms with Crippen LogP contribution in [0.25, 0.3) is 0 Å². The van der Waals surface area contributed by atoms with Crippen molar-refractivity contribution in [2.24, 2.45) is 0 Å². The fraction of sp³-hybridized carbons (Fsp3) is 0.222. The first kappa shape index (κ1) is 11.3. The van der Waals surface area contributed by atoms with E-state index in [9.17, 15) is 9.90 Å². The second kappa shape index (κ2) is 4.66. The van der Waals surface area contributed by atoms with Crippen LogP contribution in [0.2, 0.25) is 5.02 Å². The van der Waals surface area contributed by atoms with E-state index >= 15 is 0 Å². The number of hydrogen-bond donors (Lipinski definition) is 1. The number of carbonyl (C=O) groups is 1. The Kier molecular flexibility index (Phi) is 3.77. The van der Waals surface area contributed by atoms with Crippen molar-refractivity contribution in [3.63, 3.8) is 0 Å².